The van der Waals surface area contributed by atoms with Gasteiger partial charge in [-0.2, -0.15) is 0 Å². The van der Waals surface area contributed by atoms with Gasteiger partial charge < -0.3 is 4.98 Å². The van der Waals surface area contributed by atoms with Crippen molar-refractivity contribution in [1.29, 1.82) is 0 Å². The van der Waals surface area contributed by atoms with Crippen molar-refractivity contribution in [3.8, 4) is 11.3 Å². The molecular weight excluding hydrogens is 217 g/mol. The maximum absolute atomic E-state index is 5.80. The van der Waals surface area contributed by atoms with Gasteiger partial charge in [-0.25, -0.2) is 0 Å². The summed E-state index contributed by atoms with van der Waals surface area (Å²) in [6, 6.07) is 9.74. The molecule has 0 saturated heterocycles. The van der Waals surface area contributed by atoms with E-state index in [1.54, 1.807) is 0 Å². The first-order chi connectivity index (χ1) is 6.79. The predicted octanol–water partition coefficient (Wildman–Crippen LogP) is 4.07. The first-order valence-corrected chi connectivity index (χ1v) is 5.20. The van der Waals surface area contributed by atoms with E-state index in [1.807, 2.05) is 36.5 Å². The Bertz CT molecular complexity index is 417. The van der Waals surface area contributed by atoms with Gasteiger partial charge in [0, 0.05) is 22.8 Å². The third-order valence-electron chi connectivity index (χ3n) is 2.05. The van der Waals surface area contributed by atoms with Crippen molar-refractivity contribution in [2.24, 2.45) is 0 Å². The lowest BCUT2D eigenvalue weighted by molar-refractivity contribution is 1.36. The van der Waals surface area contributed by atoms with Crippen LogP contribution in [0, 0.1) is 0 Å². The lowest BCUT2D eigenvalue weighted by Gasteiger charge is -1.96. The highest BCUT2D eigenvalue weighted by Crippen LogP contribution is 2.21. The van der Waals surface area contributed by atoms with Crippen molar-refractivity contribution in [3.05, 3.63) is 47.1 Å². The van der Waals surface area contributed by atoms with E-state index >= 15 is 0 Å². The highest BCUT2D eigenvalue weighted by Gasteiger charge is 2.00. The van der Waals surface area contributed by atoms with Crippen LogP contribution in [0.4, 0.5) is 0 Å². The molecule has 0 atom stereocenters. The van der Waals surface area contributed by atoms with E-state index in [1.165, 1.54) is 0 Å². The van der Waals surface area contributed by atoms with Gasteiger partial charge in [0.15, 0.2) is 0 Å². The van der Waals surface area contributed by atoms with Gasteiger partial charge in [-0.15, -0.1) is 11.6 Å². The Morgan fingerprint density at radius 1 is 1.14 bits per heavy atom. The molecule has 1 nitrogen and oxygen atoms in total. The molecule has 0 aliphatic heterocycles. The number of rotatable bonds is 2. The minimum atomic E-state index is 0.532. The summed E-state index contributed by atoms with van der Waals surface area (Å²) in [4.78, 5) is 3.16. The van der Waals surface area contributed by atoms with E-state index in [0.29, 0.717) is 5.88 Å². The molecule has 0 unspecified atom stereocenters. The van der Waals surface area contributed by atoms with Crippen molar-refractivity contribution >= 4 is 23.2 Å². The highest BCUT2D eigenvalue weighted by molar-refractivity contribution is 6.30. The number of aromatic amines is 1. The minimum absolute atomic E-state index is 0.532. The smallest absolute Gasteiger partial charge is 0.0489 e. The average Bonchev–Trinajstić information content (AvgIpc) is 2.67. The Hall–Kier alpha value is -0.920. The zero-order valence-electron chi connectivity index (χ0n) is 7.43. The summed E-state index contributed by atoms with van der Waals surface area (Å²) >= 11 is 11.5. The van der Waals surface area contributed by atoms with Crippen molar-refractivity contribution < 1.29 is 0 Å². The third-order valence-corrected chi connectivity index (χ3v) is 2.61. The Labute approximate surface area is 92.7 Å². The second-order valence-electron chi connectivity index (χ2n) is 3.06. The summed E-state index contributed by atoms with van der Waals surface area (Å²) in [7, 11) is 0. The number of alkyl halides is 1. The molecule has 0 spiro atoms. The van der Waals surface area contributed by atoms with Crippen LogP contribution in [0.5, 0.6) is 0 Å². The molecule has 1 N–H and O–H groups in total. The van der Waals surface area contributed by atoms with Crippen molar-refractivity contribution in [2.45, 2.75) is 5.88 Å². The molecule has 1 aromatic carbocycles. The summed E-state index contributed by atoms with van der Waals surface area (Å²) in [5.74, 6) is 0.532. The van der Waals surface area contributed by atoms with Gasteiger partial charge in [0.1, 0.15) is 0 Å². The van der Waals surface area contributed by atoms with Crippen LogP contribution in [0.2, 0.25) is 5.02 Å². The maximum atomic E-state index is 5.80. The predicted molar refractivity (Wildman–Crippen MR) is 60.8 cm³/mol. The third kappa shape index (κ3) is 1.94. The van der Waals surface area contributed by atoms with E-state index in [-0.39, 0.29) is 0 Å². The monoisotopic (exact) mass is 225 g/mol. The molecule has 0 fully saturated rings. The van der Waals surface area contributed by atoms with E-state index < -0.39 is 0 Å². The molecule has 0 bridgehead atoms. The molecule has 0 aliphatic carbocycles. The number of aromatic nitrogens is 1. The zero-order valence-corrected chi connectivity index (χ0v) is 8.94. The molecule has 0 aliphatic rings. The maximum Gasteiger partial charge on any atom is 0.0489 e. The fourth-order valence-electron chi connectivity index (χ4n) is 1.31. The largest absolute Gasteiger partial charge is 0.361 e. The molecule has 0 amide bonds. The second kappa shape index (κ2) is 4.07. The van der Waals surface area contributed by atoms with Gasteiger partial charge in [0.05, 0.1) is 0 Å². The second-order valence-corrected chi connectivity index (χ2v) is 3.77. The van der Waals surface area contributed by atoms with Crippen LogP contribution in [0.15, 0.2) is 36.5 Å². The van der Waals surface area contributed by atoms with Gasteiger partial charge in [-0.1, -0.05) is 23.7 Å². The number of halogens is 2. The molecule has 3 heteroatoms. The highest BCUT2D eigenvalue weighted by atomic mass is 35.5. The molecule has 14 heavy (non-hydrogen) atoms. The number of hydrogen-bond acceptors (Lipinski definition) is 0. The van der Waals surface area contributed by atoms with E-state index in [9.17, 15) is 0 Å². The molecule has 72 valence electrons. The lowest BCUT2D eigenvalue weighted by atomic mass is 10.1. The SMILES string of the molecule is ClCc1c[nH]c(-c2ccc(Cl)cc2)c1. The fraction of sp³-hybridized carbons (Fsp3) is 0.0909. The Morgan fingerprint density at radius 3 is 2.43 bits per heavy atom. The van der Waals surface area contributed by atoms with Gasteiger partial charge >= 0.3 is 0 Å². The molecule has 1 aromatic heterocycles. The van der Waals surface area contributed by atoms with Crippen LogP contribution in [-0.2, 0) is 5.88 Å². The summed E-state index contributed by atoms with van der Waals surface area (Å²) in [6.07, 6.45) is 1.91. The van der Waals surface area contributed by atoms with Crippen LogP contribution >= 0.6 is 23.2 Å². The van der Waals surface area contributed by atoms with Crippen LogP contribution in [0.1, 0.15) is 5.56 Å². The Kier molecular flexibility index (Phi) is 2.80. The first-order valence-electron chi connectivity index (χ1n) is 4.29. The molecule has 2 aromatic rings. The minimum Gasteiger partial charge on any atom is -0.361 e. The van der Waals surface area contributed by atoms with E-state index in [0.717, 1.165) is 21.8 Å². The number of benzene rings is 1. The normalized spacial score (nSPS) is 10.4. The first kappa shape index (κ1) is 9.63. The van der Waals surface area contributed by atoms with Crippen LogP contribution in [0.3, 0.4) is 0 Å². The van der Waals surface area contributed by atoms with Crippen molar-refractivity contribution in [1.82, 2.24) is 4.98 Å². The summed E-state index contributed by atoms with van der Waals surface area (Å²) in [5, 5.41) is 0.748. The number of H-pyrrole nitrogens is 1. The number of hydrogen-bond donors (Lipinski definition) is 1. The van der Waals surface area contributed by atoms with Gasteiger partial charge in [0.2, 0.25) is 0 Å². The van der Waals surface area contributed by atoms with Crippen LogP contribution in [-0.4, -0.2) is 4.98 Å². The van der Waals surface area contributed by atoms with Gasteiger partial charge in [-0.05, 0) is 29.3 Å². The standard InChI is InChI=1S/C11H9Cl2N/c12-6-8-5-11(14-7-8)9-1-3-10(13)4-2-9/h1-5,7,14H,6H2. The van der Waals surface area contributed by atoms with Gasteiger partial charge in [-0.3, -0.25) is 0 Å². The van der Waals surface area contributed by atoms with Crippen molar-refractivity contribution in [2.75, 3.05) is 0 Å². The quantitative estimate of drug-likeness (QED) is 0.742. The van der Waals surface area contributed by atoms with Crippen molar-refractivity contribution in [3.63, 3.8) is 0 Å². The summed E-state index contributed by atoms with van der Waals surface area (Å²) in [6.45, 7) is 0. The van der Waals surface area contributed by atoms with Gasteiger partial charge in [0.25, 0.3) is 0 Å². The molecule has 2 rings (SSSR count). The number of nitrogens with one attached hydrogen (secondary N) is 1. The average molecular weight is 226 g/mol. The Morgan fingerprint density at radius 2 is 1.86 bits per heavy atom. The summed E-state index contributed by atoms with van der Waals surface area (Å²) < 4.78 is 0. The Balaban J connectivity index is 2.34. The van der Waals surface area contributed by atoms with E-state index in [2.05, 4.69) is 4.98 Å². The van der Waals surface area contributed by atoms with Crippen LogP contribution in [0.25, 0.3) is 11.3 Å². The zero-order chi connectivity index (χ0) is 9.97. The van der Waals surface area contributed by atoms with Crippen LogP contribution < -0.4 is 0 Å². The van der Waals surface area contributed by atoms with E-state index in [4.69, 9.17) is 23.2 Å². The summed E-state index contributed by atoms with van der Waals surface area (Å²) in [5.41, 5.74) is 3.28. The lowest BCUT2D eigenvalue weighted by Crippen LogP contribution is -1.75. The molecule has 0 radical (unpaired) electrons. The molecular formula is C11H9Cl2N. The fourth-order valence-corrected chi connectivity index (χ4v) is 1.59. The topological polar surface area (TPSA) is 15.8 Å². The molecule has 1 heterocycles. The molecule has 0 saturated carbocycles.